The van der Waals surface area contributed by atoms with Gasteiger partial charge in [0.1, 0.15) is 23.1 Å². The molecule has 0 radical (unpaired) electrons. The van der Waals surface area contributed by atoms with Gasteiger partial charge in [0.05, 0.1) is 18.9 Å². The standard InChI is InChI=1S/C10H8F2N2O2/c1-15-5-2-6(11)9(7(12)3-5)10-8(13)4-14-16-10/h2-4H,13H2,1H3. The van der Waals surface area contributed by atoms with Crippen LogP contribution in [0.25, 0.3) is 11.3 Å². The van der Waals surface area contributed by atoms with Crippen molar-refractivity contribution in [2.75, 3.05) is 12.8 Å². The maximum Gasteiger partial charge on any atom is 0.195 e. The second-order valence-electron chi connectivity index (χ2n) is 3.08. The molecule has 0 bridgehead atoms. The van der Waals surface area contributed by atoms with E-state index in [9.17, 15) is 8.78 Å². The molecular formula is C10H8F2N2O2. The molecule has 0 unspecified atom stereocenters. The quantitative estimate of drug-likeness (QED) is 0.852. The SMILES string of the molecule is COc1cc(F)c(-c2oncc2N)c(F)c1. The van der Waals surface area contributed by atoms with E-state index in [1.165, 1.54) is 13.3 Å². The van der Waals surface area contributed by atoms with Crippen LogP contribution >= 0.6 is 0 Å². The lowest BCUT2D eigenvalue weighted by Crippen LogP contribution is -1.94. The van der Waals surface area contributed by atoms with E-state index in [1.54, 1.807) is 0 Å². The van der Waals surface area contributed by atoms with Crippen LogP contribution in [-0.2, 0) is 0 Å². The van der Waals surface area contributed by atoms with Crippen molar-refractivity contribution in [2.45, 2.75) is 0 Å². The number of methoxy groups -OCH3 is 1. The molecule has 2 rings (SSSR count). The van der Waals surface area contributed by atoms with Crippen LogP contribution in [0.5, 0.6) is 5.75 Å². The van der Waals surface area contributed by atoms with Crippen molar-refractivity contribution < 1.29 is 18.0 Å². The molecule has 0 aliphatic rings. The van der Waals surface area contributed by atoms with Gasteiger partial charge < -0.3 is 15.0 Å². The van der Waals surface area contributed by atoms with E-state index in [-0.39, 0.29) is 22.8 Å². The minimum absolute atomic E-state index is 0.0722. The lowest BCUT2D eigenvalue weighted by Gasteiger charge is -2.05. The molecule has 84 valence electrons. The summed E-state index contributed by atoms with van der Waals surface area (Å²) in [5.41, 5.74) is 5.18. The van der Waals surface area contributed by atoms with E-state index in [4.69, 9.17) is 10.5 Å². The van der Waals surface area contributed by atoms with Gasteiger partial charge in [-0.1, -0.05) is 5.16 Å². The number of benzene rings is 1. The number of aromatic nitrogens is 1. The Morgan fingerprint density at radius 2 is 1.94 bits per heavy atom. The van der Waals surface area contributed by atoms with Gasteiger partial charge in [-0.3, -0.25) is 0 Å². The Balaban J connectivity index is 2.62. The monoisotopic (exact) mass is 226 g/mol. The average molecular weight is 226 g/mol. The first kappa shape index (κ1) is 10.4. The fraction of sp³-hybridized carbons (Fsp3) is 0.100. The van der Waals surface area contributed by atoms with Crippen LogP contribution in [0, 0.1) is 11.6 Å². The Kier molecular flexibility index (Phi) is 2.47. The number of ether oxygens (including phenoxy) is 1. The van der Waals surface area contributed by atoms with Crippen LogP contribution in [0.3, 0.4) is 0 Å². The fourth-order valence-electron chi connectivity index (χ4n) is 1.32. The third-order valence-electron chi connectivity index (χ3n) is 2.08. The molecular weight excluding hydrogens is 218 g/mol. The molecule has 1 aromatic heterocycles. The van der Waals surface area contributed by atoms with Crippen LogP contribution in [0.1, 0.15) is 0 Å². The molecule has 0 spiro atoms. The van der Waals surface area contributed by atoms with Crippen molar-refractivity contribution in [3.8, 4) is 17.1 Å². The molecule has 0 aliphatic heterocycles. The number of hydrogen-bond acceptors (Lipinski definition) is 4. The molecule has 0 saturated heterocycles. The summed E-state index contributed by atoms with van der Waals surface area (Å²) in [5.74, 6) is -1.69. The molecule has 6 heteroatoms. The van der Waals surface area contributed by atoms with Gasteiger partial charge in [0.25, 0.3) is 0 Å². The first-order chi connectivity index (χ1) is 7.63. The van der Waals surface area contributed by atoms with E-state index in [0.717, 1.165) is 12.1 Å². The second kappa shape index (κ2) is 3.80. The van der Waals surface area contributed by atoms with Gasteiger partial charge in [0.15, 0.2) is 5.76 Å². The zero-order valence-electron chi connectivity index (χ0n) is 8.33. The van der Waals surface area contributed by atoms with Crippen molar-refractivity contribution >= 4 is 5.69 Å². The summed E-state index contributed by atoms with van der Waals surface area (Å²) in [7, 11) is 1.32. The molecule has 0 amide bonds. The molecule has 0 atom stereocenters. The Bertz CT molecular complexity index is 502. The van der Waals surface area contributed by atoms with E-state index in [0.29, 0.717) is 0 Å². The smallest absolute Gasteiger partial charge is 0.195 e. The number of nitrogens with zero attached hydrogens (tertiary/aromatic N) is 1. The van der Waals surface area contributed by atoms with E-state index in [2.05, 4.69) is 9.68 Å². The highest BCUT2D eigenvalue weighted by Gasteiger charge is 2.19. The topological polar surface area (TPSA) is 61.3 Å². The number of nitrogens with two attached hydrogens (primary N) is 1. The molecule has 0 aliphatic carbocycles. The Hall–Kier alpha value is -2.11. The largest absolute Gasteiger partial charge is 0.497 e. The lowest BCUT2D eigenvalue weighted by atomic mass is 10.1. The van der Waals surface area contributed by atoms with Crippen LogP contribution in [0.4, 0.5) is 14.5 Å². The predicted octanol–water partition coefficient (Wildman–Crippen LogP) is 2.21. The van der Waals surface area contributed by atoms with Gasteiger partial charge in [-0.05, 0) is 0 Å². The summed E-state index contributed by atoms with van der Waals surface area (Å²) in [6.45, 7) is 0. The van der Waals surface area contributed by atoms with Crippen molar-refractivity contribution in [2.24, 2.45) is 0 Å². The van der Waals surface area contributed by atoms with E-state index in [1.807, 2.05) is 0 Å². The summed E-state index contributed by atoms with van der Waals surface area (Å²) in [4.78, 5) is 0. The molecule has 0 fully saturated rings. The van der Waals surface area contributed by atoms with Crippen LogP contribution in [0.2, 0.25) is 0 Å². The van der Waals surface area contributed by atoms with Crippen LogP contribution in [-0.4, -0.2) is 12.3 Å². The summed E-state index contributed by atoms with van der Waals surface area (Å²) >= 11 is 0. The average Bonchev–Trinajstić information content (AvgIpc) is 2.64. The minimum Gasteiger partial charge on any atom is -0.497 e. The fourth-order valence-corrected chi connectivity index (χ4v) is 1.32. The summed E-state index contributed by atoms with van der Waals surface area (Å²) in [6.07, 6.45) is 1.18. The maximum atomic E-state index is 13.6. The highest BCUT2D eigenvalue weighted by Crippen LogP contribution is 2.32. The Morgan fingerprint density at radius 3 is 2.38 bits per heavy atom. The summed E-state index contributed by atoms with van der Waals surface area (Å²) in [5, 5.41) is 3.36. The summed E-state index contributed by atoms with van der Waals surface area (Å²) in [6, 6.07) is 2.08. The maximum absolute atomic E-state index is 13.6. The molecule has 0 saturated carbocycles. The van der Waals surface area contributed by atoms with E-state index < -0.39 is 11.6 Å². The number of hydrogen-bond donors (Lipinski definition) is 1. The van der Waals surface area contributed by atoms with Crippen molar-refractivity contribution in [1.82, 2.24) is 5.16 Å². The zero-order chi connectivity index (χ0) is 11.7. The van der Waals surface area contributed by atoms with Crippen molar-refractivity contribution in [1.29, 1.82) is 0 Å². The first-order valence-electron chi connectivity index (χ1n) is 4.37. The van der Waals surface area contributed by atoms with Crippen LogP contribution in [0.15, 0.2) is 22.9 Å². The molecule has 16 heavy (non-hydrogen) atoms. The Morgan fingerprint density at radius 1 is 1.31 bits per heavy atom. The molecule has 1 heterocycles. The van der Waals surface area contributed by atoms with E-state index >= 15 is 0 Å². The van der Waals surface area contributed by atoms with Gasteiger partial charge in [0, 0.05) is 12.1 Å². The van der Waals surface area contributed by atoms with Crippen LogP contribution < -0.4 is 10.5 Å². The zero-order valence-corrected chi connectivity index (χ0v) is 8.33. The van der Waals surface area contributed by atoms with Crippen molar-refractivity contribution in [3.63, 3.8) is 0 Å². The second-order valence-corrected chi connectivity index (χ2v) is 3.08. The third-order valence-corrected chi connectivity index (χ3v) is 2.08. The van der Waals surface area contributed by atoms with Gasteiger partial charge in [-0.2, -0.15) is 0 Å². The van der Waals surface area contributed by atoms with Gasteiger partial charge >= 0.3 is 0 Å². The Labute approximate surface area is 89.6 Å². The minimum atomic E-state index is -0.819. The predicted molar refractivity (Wildman–Crippen MR) is 52.8 cm³/mol. The van der Waals surface area contributed by atoms with Gasteiger partial charge in [-0.25, -0.2) is 8.78 Å². The number of nitrogen functional groups attached to an aromatic ring is 1. The molecule has 4 nitrogen and oxygen atoms in total. The molecule has 1 aromatic carbocycles. The number of rotatable bonds is 2. The number of halogens is 2. The third kappa shape index (κ3) is 1.58. The highest BCUT2D eigenvalue weighted by atomic mass is 19.1. The summed E-state index contributed by atoms with van der Waals surface area (Å²) < 4.78 is 36.6. The first-order valence-corrected chi connectivity index (χ1v) is 4.37. The normalized spacial score (nSPS) is 10.4. The molecule has 2 aromatic rings. The van der Waals surface area contributed by atoms with Gasteiger partial charge in [-0.15, -0.1) is 0 Å². The molecule has 2 N–H and O–H groups in total. The lowest BCUT2D eigenvalue weighted by molar-refractivity contribution is 0.404. The number of anilines is 1. The van der Waals surface area contributed by atoms with Crippen molar-refractivity contribution in [3.05, 3.63) is 30.0 Å². The van der Waals surface area contributed by atoms with Gasteiger partial charge in [0.2, 0.25) is 0 Å². The highest BCUT2D eigenvalue weighted by molar-refractivity contribution is 5.71.